The molecule has 2 saturated heterocycles. The molecule has 2 aliphatic rings. The summed E-state index contributed by atoms with van der Waals surface area (Å²) in [4.78, 5) is 16.6. The summed E-state index contributed by atoms with van der Waals surface area (Å²) in [7, 11) is 1.67. The average Bonchev–Trinajstić information content (AvgIpc) is 2.93. The Hall–Kier alpha value is -2.41. The molecule has 1 amide bonds. The predicted molar refractivity (Wildman–Crippen MR) is 107 cm³/mol. The lowest BCUT2D eigenvalue weighted by molar-refractivity contribution is -0.146. The number of carbonyl (C=O) groups is 1. The maximum absolute atomic E-state index is 12.5. The van der Waals surface area contributed by atoms with E-state index in [0.29, 0.717) is 19.8 Å². The van der Waals surface area contributed by atoms with Gasteiger partial charge in [-0.1, -0.05) is 30.3 Å². The van der Waals surface area contributed by atoms with Crippen molar-refractivity contribution in [2.75, 3.05) is 51.5 Å². The van der Waals surface area contributed by atoms with Crippen LogP contribution in [0.1, 0.15) is 5.56 Å². The van der Waals surface area contributed by atoms with E-state index in [1.807, 2.05) is 47.4 Å². The number of rotatable bonds is 4. The van der Waals surface area contributed by atoms with E-state index in [-0.39, 0.29) is 12.5 Å². The summed E-state index contributed by atoms with van der Waals surface area (Å²) in [5, 5.41) is 0. The van der Waals surface area contributed by atoms with Crippen LogP contribution in [0.15, 0.2) is 54.6 Å². The molecule has 4 rings (SSSR count). The molecule has 2 fully saturated rings. The smallest absolute Gasteiger partial charge is 0.253 e. The van der Waals surface area contributed by atoms with E-state index in [9.17, 15) is 4.79 Å². The maximum Gasteiger partial charge on any atom is 0.253 e. The zero-order valence-electron chi connectivity index (χ0n) is 16.2. The molecule has 0 aromatic heterocycles. The zero-order chi connectivity index (χ0) is 19.4. The van der Waals surface area contributed by atoms with E-state index in [2.05, 4.69) is 17.0 Å². The van der Waals surface area contributed by atoms with Crippen molar-refractivity contribution >= 4 is 11.6 Å². The number of carbonyl (C=O) groups excluding carboxylic acids is 1. The van der Waals surface area contributed by atoms with Gasteiger partial charge in [0.15, 0.2) is 0 Å². The molecule has 1 atom stereocenters. The lowest BCUT2D eigenvalue weighted by Gasteiger charge is -2.43. The number of benzene rings is 2. The summed E-state index contributed by atoms with van der Waals surface area (Å²) in [5.41, 5.74) is 1.60. The second-order valence-electron chi connectivity index (χ2n) is 7.40. The van der Waals surface area contributed by atoms with Gasteiger partial charge < -0.3 is 19.1 Å². The number of amides is 1. The molecular formula is C22H26N2O4. The molecular weight excluding hydrogens is 356 g/mol. The average molecular weight is 382 g/mol. The number of hydrogen-bond donors (Lipinski definition) is 0. The zero-order valence-corrected chi connectivity index (χ0v) is 16.2. The molecule has 2 aliphatic heterocycles. The van der Waals surface area contributed by atoms with Crippen LogP contribution in [0.25, 0.3) is 0 Å². The Kier molecular flexibility index (Phi) is 5.62. The Morgan fingerprint density at radius 3 is 2.61 bits per heavy atom. The summed E-state index contributed by atoms with van der Waals surface area (Å²) in [6, 6.07) is 17.9. The molecule has 6 heteroatoms. The maximum atomic E-state index is 12.5. The first-order chi connectivity index (χ1) is 13.7. The number of ether oxygens (including phenoxy) is 3. The molecule has 2 heterocycles. The van der Waals surface area contributed by atoms with E-state index in [4.69, 9.17) is 14.2 Å². The number of para-hydroxylation sites is 1. The summed E-state index contributed by atoms with van der Waals surface area (Å²) in [6.45, 7) is 4.07. The van der Waals surface area contributed by atoms with Gasteiger partial charge in [0, 0.05) is 25.3 Å². The minimum atomic E-state index is -0.521. The van der Waals surface area contributed by atoms with Gasteiger partial charge in [0.2, 0.25) is 0 Å². The fourth-order valence-corrected chi connectivity index (χ4v) is 3.85. The van der Waals surface area contributed by atoms with E-state index in [0.717, 1.165) is 31.1 Å². The van der Waals surface area contributed by atoms with Crippen LogP contribution in [0.5, 0.6) is 5.75 Å². The summed E-state index contributed by atoms with van der Waals surface area (Å²) in [5.74, 6) is 0.842. The van der Waals surface area contributed by atoms with Crippen LogP contribution >= 0.6 is 0 Å². The topological polar surface area (TPSA) is 51.2 Å². The number of anilines is 1. The van der Waals surface area contributed by atoms with Crippen LogP contribution in [0.2, 0.25) is 0 Å². The molecule has 2 aromatic carbocycles. The fraction of sp³-hybridized carbons (Fsp3) is 0.409. The van der Waals surface area contributed by atoms with Crippen molar-refractivity contribution in [3.05, 3.63) is 60.2 Å². The van der Waals surface area contributed by atoms with Gasteiger partial charge in [-0.05, 0) is 29.8 Å². The molecule has 28 heavy (non-hydrogen) atoms. The highest BCUT2D eigenvalue weighted by Gasteiger charge is 2.43. The fourth-order valence-electron chi connectivity index (χ4n) is 3.85. The van der Waals surface area contributed by atoms with Gasteiger partial charge in [-0.2, -0.15) is 0 Å². The predicted octanol–water partition coefficient (Wildman–Crippen LogP) is 2.33. The minimum absolute atomic E-state index is 0.0113. The van der Waals surface area contributed by atoms with Crippen LogP contribution in [0, 0.1) is 0 Å². The van der Waals surface area contributed by atoms with Gasteiger partial charge in [0.25, 0.3) is 5.91 Å². The highest BCUT2D eigenvalue weighted by atomic mass is 16.6. The first kappa shape index (κ1) is 18.9. The monoisotopic (exact) mass is 382 g/mol. The van der Waals surface area contributed by atoms with Gasteiger partial charge in [-0.3, -0.25) is 9.69 Å². The molecule has 0 radical (unpaired) electrons. The highest BCUT2D eigenvalue weighted by Crippen LogP contribution is 2.27. The van der Waals surface area contributed by atoms with Crippen molar-refractivity contribution in [2.45, 2.75) is 12.1 Å². The third-order valence-electron chi connectivity index (χ3n) is 5.31. The van der Waals surface area contributed by atoms with Gasteiger partial charge in [-0.25, -0.2) is 0 Å². The van der Waals surface area contributed by atoms with Crippen molar-refractivity contribution in [3.8, 4) is 5.75 Å². The number of hydrogen-bond acceptors (Lipinski definition) is 5. The number of methoxy groups -OCH3 is 1. The second kappa shape index (κ2) is 8.31. The van der Waals surface area contributed by atoms with Crippen molar-refractivity contribution in [1.82, 2.24) is 4.90 Å². The van der Waals surface area contributed by atoms with Gasteiger partial charge >= 0.3 is 0 Å². The Morgan fingerprint density at radius 2 is 1.86 bits per heavy atom. The van der Waals surface area contributed by atoms with E-state index < -0.39 is 5.60 Å². The Bertz CT molecular complexity index is 796. The SMILES string of the molecule is COc1ccc(CN2CCOCC3(C2)CN(c2ccccc2)C(=O)CO3)cc1. The highest BCUT2D eigenvalue weighted by molar-refractivity contribution is 5.95. The largest absolute Gasteiger partial charge is 0.497 e. The first-order valence-corrected chi connectivity index (χ1v) is 9.60. The second-order valence-corrected chi connectivity index (χ2v) is 7.40. The van der Waals surface area contributed by atoms with Gasteiger partial charge in [0.05, 0.1) is 26.9 Å². The molecule has 1 unspecified atom stereocenters. The van der Waals surface area contributed by atoms with E-state index >= 15 is 0 Å². The quantitative estimate of drug-likeness (QED) is 0.812. The molecule has 1 spiro atoms. The number of morpholine rings is 1. The molecule has 6 nitrogen and oxygen atoms in total. The van der Waals surface area contributed by atoms with Crippen molar-refractivity contribution < 1.29 is 19.0 Å². The molecule has 0 N–H and O–H groups in total. The number of nitrogens with zero attached hydrogens (tertiary/aromatic N) is 2. The third-order valence-corrected chi connectivity index (χ3v) is 5.31. The van der Waals surface area contributed by atoms with Crippen LogP contribution in [-0.4, -0.2) is 63.0 Å². The summed E-state index contributed by atoms with van der Waals surface area (Å²) < 4.78 is 17.2. The Labute approximate surface area is 165 Å². The molecule has 0 aliphatic carbocycles. The Morgan fingerprint density at radius 1 is 1.07 bits per heavy atom. The van der Waals surface area contributed by atoms with Crippen molar-refractivity contribution in [3.63, 3.8) is 0 Å². The van der Waals surface area contributed by atoms with Crippen LogP contribution in [0.3, 0.4) is 0 Å². The van der Waals surface area contributed by atoms with E-state index in [1.54, 1.807) is 7.11 Å². The van der Waals surface area contributed by atoms with Gasteiger partial charge in [-0.15, -0.1) is 0 Å². The minimum Gasteiger partial charge on any atom is -0.497 e. The van der Waals surface area contributed by atoms with E-state index in [1.165, 1.54) is 5.56 Å². The van der Waals surface area contributed by atoms with Crippen LogP contribution in [-0.2, 0) is 20.8 Å². The third kappa shape index (κ3) is 4.19. The van der Waals surface area contributed by atoms with Crippen LogP contribution in [0.4, 0.5) is 5.69 Å². The first-order valence-electron chi connectivity index (χ1n) is 9.60. The van der Waals surface area contributed by atoms with Crippen LogP contribution < -0.4 is 9.64 Å². The summed E-state index contributed by atoms with van der Waals surface area (Å²) in [6.07, 6.45) is 0. The molecule has 0 saturated carbocycles. The van der Waals surface area contributed by atoms with Crippen molar-refractivity contribution in [2.24, 2.45) is 0 Å². The summed E-state index contributed by atoms with van der Waals surface area (Å²) >= 11 is 0. The molecule has 0 bridgehead atoms. The Balaban J connectivity index is 1.50. The normalized spacial score (nSPS) is 23.6. The van der Waals surface area contributed by atoms with Gasteiger partial charge in [0.1, 0.15) is 18.0 Å². The molecule has 148 valence electrons. The molecule has 2 aromatic rings. The standard InChI is InChI=1S/C22H26N2O4/c1-26-20-9-7-18(8-10-20)13-23-11-12-27-17-22(15-23)16-24(21(25)14-28-22)19-5-3-2-4-6-19/h2-10H,11-17H2,1H3. The lowest BCUT2D eigenvalue weighted by atomic mass is 10.0. The van der Waals surface area contributed by atoms with Crippen molar-refractivity contribution in [1.29, 1.82) is 0 Å². The lowest BCUT2D eigenvalue weighted by Crippen LogP contribution is -2.60.